The number of hydrogen-bond donors (Lipinski definition) is 0. The highest BCUT2D eigenvalue weighted by atomic mass is 32.2. The Morgan fingerprint density at radius 3 is 2.26 bits per heavy atom. The molecule has 2 aromatic carbocycles. The van der Waals surface area contributed by atoms with Crippen LogP contribution in [0.15, 0.2) is 77.8 Å². The van der Waals surface area contributed by atoms with E-state index in [2.05, 4.69) is 9.88 Å². The summed E-state index contributed by atoms with van der Waals surface area (Å²) in [5.74, 6) is 0.659. The zero-order valence-electron chi connectivity index (χ0n) is 17.1. The molecule has 2 saturated heterocycles. The second-order valence-corrected chi connectivity index (χ2v) is 9.64. The first-order chi connectivity index (χ1) is 15.1. The van der Waals surface area contributed by atoms with Crippen molar-refractivity contribution in [2.24, 2.45) is 0 Å². The number of anilines is 1. The van der Waals surface area contributed by atoms with Crippen molar-refractivity contribution in [3.8, 4) is 11.3 Å². The van der Waals surface area contributed by atoms with Crippen LogP contribution in [-0.4, -0.2) is 54.7 Å². The third-order valence-electron chi connectivity index (χ3n) is 5.99. The van der Waals surface area contributed by atoms with Gasteiger partial charge in [-0.15, -0.1) is 0 Å². The number of ether oxygens (including phenoxy) is 1. The minimum Gasteiger partial charge on any atom is -0.358 e. The molecule has 0 N–H and O–H groups in total. The Kier molecular flexibility index (Phi) is 5.21. The molecule has 2 aliphatic heterocycles. The summed E-state index contributed by atoms with van der Waals surface area (Å²) >= 11 is 0. The van der Waals surface area contributed by atoms with Crippen molar-refractivity contribution in [3.63, 3.8) is 0 Å². The van der Waals surface area contributed by atoms with Gasteiger partial charge in [0.1, 0.15) is 5.72 Å². The van der Waals surface area contributed by atoms with E-state index in [1.807, 2.05) is 42.5 Å². The molecule has 7 nitrogen and oxygen atoms in total. The van der Waals surface area contributed by atoms with Crippen molar-refractivity contribution >= 4 is 16.0 Å². The van der Waals surface area contributed by atoms with Crippen LogP contribution in [0.5, 0.6) is 0 Å². The summed E-state index contributed by atoms with van der Waals surface area (Å²) in [6.07, 6.45) is 2.91. The van der Waals surface area contributed by atoms with Gasteiger partial charge in [-0.05, 0) is 18.2 Å². The molecule has 1 aromatic heterocycles. The van der Waals surface area contributed by atoms with Crippen LogP contribution in [-0.2, 0) is 14.8 Å². The van der Waals surface area contributed by atoms with E-state index in [1.165, 1.54) is 0 Å². The lowest BCUT2D eigenvalue weighted by molar-refractivity contribution is -0.0665. The Morgan fingerprint density at radius 2 is 1.55 bits per heavy atom. The Bertz CT molecular complexity index is 1150. The van der Waals surface area contributed by atoms with Crippen molar-refractivity contribution in [2.45, 2.75) is 23.5 Å². The SMILES string of the molecule is O=S(=O)(c1ccccc1)N1CCOC12CCN(c1nccc(-c3ccccc3)n1)CC2. The number of sulfonamides is 1. The van der Waals surface area contributed by atoms with Gasteiger partial charge in [0.2, 0.25) is 16.0 Å². The second kappa shape index (κ2) is 8.03. The molecular weight excluding hydrogens is 412 g/mol. The standard InChI is InChI=1S/C23H24N4O3S/c28-31(29,20-9-5-2-6-10-20)27-17-18-30-23(27)12-15-26(16-13-23)22-24-14-11-21(25-22)19-7-3-1-4-8-19/h1-11,14H,12-13,15-18H2. The molecule has 5 rings (SSSR count). The van der Waals surface area contributed by atoms with Crippen LogP contribution in [0.3, 0.4) is 0 Å². The smallest absolute Gasteiger partial charge is 0.245 e. The summed E-state index contributed by atoms with van der Waals surface area (Å²) in [5, 5.41) is 0. The lowest BCUT2D eigenvalue weighted by Crippen LogP contribution is -2.55. The molecule has 3 aromatic rings. The lowest BCUT2D eigenvalue weighted by atomic mass is 10.0. The molecule has 8 heteroatoms. The van der Waals surface area contributed by atoms with Gasteiger partial charge in [-0.2, -0.15) is 4.31 Å². The third-order valence-corrected chi connectivity index (χ3v) is 7.95. The Morgan fingerprint density at radius 1 is 0.871 bits per heavy atom. The average Bonchev–Trinajstić information content (AvgIpc) is 3.24. The normalized spacial score (nSPS) is 19.0. The van der Waals surface area contributed by atoms with Crippen LogP contribution < -0.4 is 4.90 Å². The summed E-state index contributed by atoms with van der Waals surface area (Å²) in [6.45, 7) is 2.03. The van der Waals surface area contributed by atoms with Crippen LogP contribution in [0, 0.1) is 0 Å². The molecule has 3 heterocycles. The molecular formula is C23H24N4O3S. The first-order valence-electron chi connectivity index (χ1n) is 10.4. The number of piperidine rings is 1. The van der Waals surface area contributed by atoms with Crippen LogP contribution in [0.25, 0.3) is 11.3 Å². The predicted molar refractivity (Wildman–Crippen MR) is 118 cm³/mol. The third kappa shape index (κ3) is 3.71. The summed E-state index contributed by atoms with van der Waals surface area (Å²) in [4.78, 5) is 11.6. The van der Waals surface area contributed by atoms with Crippen molar-refractivity contribution in [3.05, 3.63) is 72.9 Å². The fraction of sp³-hybridized carbons (Fsp3) is 0.304. The van der Waals surface area contributed by atoms with Crippen LogP contribution in [0.1, 0.15) is 12.8 Å². The molecule has 2 aliphatic rings. The van der Waals surface area contributed by atoms with Crippen molar-refractivity contribution in [1.82, 2.24) is 14.3 Å². The molecule has 0 bridgehead atoms. The van der Waals surface area contributed by atoms with Crippen LogP contribution in [0.2, 0.25) is 0 Å². The topological polar surface area (TPSA) is 75.6 Å². The van der Waals surface area contributed by atoms with E-state index in [0.29, 0.717) is 49.9 Å². The molecule has 0 saturated carbocycles. The molecule has 1 spiro atoms. The van der Waals surface area contributed by atoms with Gasteiger partial charge in [-0.25, -0.2) is 18.4 Å². The Hall–Kier alpha value is -2.81. The minimum atomic E-state index is -3.61. The molecule has 160 valence electrons. The number of hydrogen-bond acceptors (Lipinski definition) is 6. The number of aromatic nitrogens is 2. The van der Waals surface area contributed by atoms with E-state index >= 15 is 0 Å². The predicted octanol–water partition coefficient (Wildman–Crippen LogP) is 3.16. The fourth-order valence-electron chi connectivity index (χ4n) is 4.37. The van der Waals surface area contributed by atoms with E-state index in [9.17, 15) is 8.42 Å². The highest BCUT2D eigenvalue weighted by Gasteiger charge is 2.50. The second-order valence-electron chi connectivity index (χ2n) is 7.78. The summed E-state index contributed by atoms with van der Waals surface area (Å²) in [6, 6.07) is 20.5. The summed E-state index contributed by atoms with van der Waals surface area (Å²) in [7, 11) is -3.61. The number of nitrogens with zero attached hydrogens (tertiary/aromatic N) is 4. The average molecular weight is 437 g/mol. The number of benzene rings is 2. The first kappa shape index (κ1) is 20.1. The van der Waals surface area contributed by atoms with E-state index in [4.69, 9.17) is 9.72 Å². The van der Waals surface area contributed by atoms with Gasteiger partial charge in [0.15, 0.2) is 0 Å². The number of rotatable bonds is 4. The van der Waals surface area contributed by atoms with Gasteiger partial charge in [0, 0.05) is 44.2 Å². The van der Waals surface area contributed by atoms with Crippen molar-refractivity contribution in [2.75, 3.05) is 31.1 Å². The van der Waals surface area contributed by atoms with E-state index in [1.54, 1.807) is 34.8 Å². The Labute approximate surface area is 182 Å². The maximum Gasteiger partial charge on any atom is 0.245 e. The Balaban J connectivity index is 1.35. The van der Waals surface area contributed by atoms with Gasteiger partial charge in [0.25, 0.3) is 0 Å². The maximum atomic E-state index is 13.3. The quantitative estimate of drug-likeness (QED) is 0.625. The van der Waals surface area contributed by atoms with Crippen LogP contribution >= 0.6 is 0 Å². The van der Waals surface area contributed by atoms with E-state index in [-0.39, 0.29) is 0 Å². The van der Waals surface area contributed by atoms with Gasteiger partial charge < -0.3 is 9.64 Å². The first-order valence-corrected chi connectivity index (χ1v) is 11.9. The van der Waals surface area contributed by atoms with E-state index < -0.39 is 15.7 Å². The van der Waals surface area contributed by atoms with Gasteiger partial charge in [0.05, 0.1) is 17.2 Å². The lowest BCUT2D eigenvalue weighted by Gasteiger charge is -2.42. The molecule has 2 fully saturated rings. The molecule has 0 unspecified atom stereocenters. The highest BCUT2D eigenvalue weighted by Crippen LogP contribution is 2.38. The summed E-state index contributed by atoms with van der Waals surface area (Å²) in [5.41, 5.74) is 1.11. The maximum absolute atomic E-state index is 13.3. The zero-order chi connectivity index (χ0) is 21.3. The minimum absolute atomic E-state index is 0.307. The monoisotopic (exact) mass is 436 g/mol. The molecule has 0 atom stereocenters. The molecule has 0 radical (unpaired) electrons. The molecule has 0 amide bonds. The van der Waals surface area contributed by atoms with Gasteiger partial charge >= 0.3 is 0 Å². The fourth-order valence-corrected chi connectivity index (χ4v) is 6.12. The molecule has 31 heavy (non-hydrogen) atoms. The summed E-state index contributed by atoms with van der Waals surface area (Å²) < 4.78 is 34.1. The van der Waals surface area contributed by atoms with Crippen LogP contribution in [0.4, 0.5) is 5.95 Å². The van der Waals surface area contributed by atoms with Crippen molar-refractivity contribution < 1.29 is 13.2 Å². The molecule has 0 aliphatic carbocycles. The van der Waals surface area contributed by atoms with Gasteiger partial charge in [-0.3, -0.25) is 0 Å². The zero-order valence-corrected chi connectivity index (χ0v) is 17.9. The van der Waals surface area contributed by atoms with Gasteiger partial charge in [-0.1, -0.05) is 48.5 Å². The highest BCUT2D eigenvalue weighted by molar-refractivity contribution is 7.89. The van der Waals surface area contributed by atoms with E-state index in [0.717, 1.165) is 11.3 Å². The van der Waals surface area contributed by atoms with Crippen molar-refractivity contribution in [1.29, 1.82) is 0 Å². The largest absolute Gasteiger partial charge is 0.358 e.